The number of Topliss-reactive ketones (excluding diaryl/α,β-unsaturated/α-hetero) is 1. The zero-order valence-corrected chi connectivity index (χ0v) is 22.7. The molecule has 0 aromatic heterocycles. The van der Waals surface area contributed by atoms with Gasteiger partial charge in [0.2, 0.25) is 0 Å². The molecule has 3 rings (SSSR count). The molecule has 200 valence electrons. The number of carbonyl (C=O) groups excluding carboxylic acids is 2. The molecule has 1 heterocycles. The number of hydrogen-bond acceptors (Lipinski definition) is 7. The monoisotopic (exact) mass is 510 g/mol. The lowest BCUT2D eigenvalue weighted by molar-refractivity contribution is -0.140. The molecular weight excluding hydrogens is 472 g/mol. The Morgan fingerprint density at radius 2 is 1.70 bits per heavy atom. The molecule has 0 radical (unpaired) electrons. The summed E-state index contributed by atoms with van der Waals surface area (Å²) < 4.78 is 16.6. The van der Waals surface area contributed by atoms with Gasteiger partial charge in [0.15, 0.2) is 11.5 Å². The number of benzene rings is 2. The van der Waals surface area contributed by atoms with E-state index in [0.29, 0.717) is 48.1 Å². The third-order valence-corrected chi connectivity index (χ3v) is 6.74. The Morgan fingerprint density at radius 3 is 2.30 bits per heavy atom. The fourth-order valence-electron chi connectivity index (χ4n) is 4.63. The van der Waals surface area contributed by atoms with Crippen LogP contribution in [0.25, 0.3) is 5.76 Å². The van der Waals surface area contributed by atoms with E-state index < -0.39 is 17.7 Å². The van der Waals surface area contributed by atoms with Crippen molar-refractivity contribution in [1.29, 1.82) is 0 Å². The molecule has 0 bridgehead atoms. The highest BCUT2D eigenvalue weighted by molar-refractivity contribution is 6.46. The van der Waals surface area contributed by atoms with Crippen LogP contribution < -0.4 is 14.2 Å². The van der Waals surface area contributed by atoms with Gasteiger partial charge in [0.25, 0.3) is 11.7 Å². The summed E-state index contributed by atoms with van der Waals surface area (Å²) in [7, 11) is 3.08. The van der Waals surface area contributed by atoms with Gasteiger partial charge in [-0.2, -0.15) is 0 Å². The average molecular weight is 511 g/mol. The average Bonchev–Trinajstić information content (AvgIpc) is 3.16. The van der Waals surface area contributed by atoms with Crippen LogP contribution in [0, 0.1) is 6.92 Å². The number of aliphatic hydroxyl groups is 1. The number of aliphatic hydroxyl groups excluding tert-OH is 1. The normalized spacial score (nSPS) is 16.9. The number of nitrogens with zero attached hydrogens (tertiary/aromatic N) is 2. The molecule has 1 unspecified atom stereocenters. The number of hydrogen-bond donors (Lipinski definition) is 1. The number of rotatable bonds is 12. The molecule has 0 aliphatic carbocycles. The summed E-state index contributed by atoms with van der Waals surface area (Å²) in [6.45, 7) is 11.2. The Morgan fingerprint density at radius 1 is 1.00 bits per heavy atom. The first-order valence-corrected chi connectivity index (χ1v) is 12.8. The maximum absolute atomic E-state index is 13.4. The molecule has 1 aliphatic heterocycles. The van der Waals surface area contributed by atoms with Crippen molar-refractivity contribution in [3.8, 4) is 17.2 Å². The van der Waals surface area contributed by atoms with Crippen LogP contribution in [0.2, 0.25) is 0 Å². The van der Waals surface area contributed by atoms with E-state index in [1.165, 1.54) is 7.11 Å². The Bertz CT molecular complexity index is 1160. The van der Waals surface area contributed by atoms with Crippen LogP contribution in [0.1, 0.15) is 49.9 Å². The lowest BCUT2D eigenvalue weighted by Crippen LogP contribution is -2.38. The van der Waals surface area contributed by atoms with E-state index in [2.05, 4.69) is 18.7 Å². The number of likely N-dealkylation sites (tertiary alicyclic amines) is 1. The van der Waals surface area contributed by atoms with Gasteiger partial charge in [0.1, 0.15) is 11.5 Å². The molecule has 1 aliphatic rings. The van der Waals surface area contributed by atoms with Gasteiger partial charge in [-0.3, -0.25) is 9.59 Å². The smallest absolute Gasteiger partial charge is 0.295 e. The third-order valence-electron chi connectivity index (χ3n) is 6.74. The van der Waals surface area contributed by atoms with Crippen molar-refractivity contribution < 1.29 is 28.9 Å². The number of methoxy groups -OCH3 is 2. The minimum absolute atomic E-state index is 0.0575. The fourth-order valence-corrected chi connectivity index (χ4v) is 4.63. The van der Waals surface area contributed by atoms with Gasteiger partial charge in [-0.15, -0.1) is 0 Å². The summed E-state index contributed by atoms with van der Waals surface area (Å²) in [4.78, 5) is 30.4. The lowest BCUT2D eigenvalue weighted by atomic mass is 9.93. The second kappa shape index (κ2) is 12.6. The van der Waals surface area contributed by atoms with E-state index in [1.807, 2.05) is 19.9 Å². The highest BCUT2D eigenvalue weighted by atomic mass is 16.5. The van der Waals surface area contributed by atoms with E-state index >= 15 is 0 Å². The van der Waals surface area contributed by atoms with E-state index in [1.54, 1.807) is 42.3 Å². The second-order valence-electron chi connectivity index (χ2n) is 8.96. The van der Waals surface area contributed by atoms with Crippen LogP contribution in [0.5, 0.6) is 17.2 Å². The molecule has 1 saturated heterocycles. The first-order valence-electron chi connectivity index (χ1n) is 12.8. The molecule has 0 spiro atoms. The molecular formula is C29H38N2O6. The maximum atomic E-state index is 13.4. The van der Waals surface area contributed by atoms with Crippen LogP contribution in [0.3, 0.4) is 0 Å². The molecule has 2 aromatic rings. The van der Waals surface area contributed by atoms with Crippen molar-refractivity contribution in [3.63, 3.8) is 0 Å². The minimum atomic E-state index is -0.772. The molecule has 1 fully saturated rings. The van der Waals surface area contributed by atoms with Crippen LogP contribution in [-0.4, -0.2) is 73.6 Å². The quantitative estimate of drug-likeness (QED) is 0.254. The summed E-state index contributed by atoms with van der Waals surface area (Å²) in [5.41, 5.74) is 1.93. The summed E-state index contributed by atoms with van der Waals surface area (Å²) >= 11 is 0. The first-order chi connectivity index (χ1) is 17.8. The summed E-state index contributed by atoms with van der Waals surface area (Å²) in [5.74, 6) is 0.152. The van der Waals surface area contributed by atoms with Gasteiger partial charge in [-0.1, -0.05) is 26.8 Å². The summed E-state index contributed by atoms with van der Waals surface area (Å²) in [5, 5.41) is 11.5. The number of ketones is 1. The van der Waals surface area contributed by atoms with Crippen molar-refractivity contribution in [2.24, 2.45) is 0 Å². The van der Waals surface area contributed by atoms with Crippen LogP contribution in [-0.2, 0) is 9.59 Å². The van der Waals surface area contributed by atoms with E-state index in [0.717, 1.165) is 25.1 Å². The molecule has 37 heavy (non-hydrogen) atoms. The SMILES string of the molecule is CCCOc1ccc(/C(O)=C2\C(=O)C(=O)N(CCN(CC)CC)C2c2ccc(OC)c(OC)c2)c(C)c1. The number of likely N-dealkylation sites (N-methyl/N-ethyl adjacent to an activating group) is 1. The van der Waals surface area contributed by atoms with E-state index in [4.69, 9.17) is 14.2 Å². The van der Waals surface area contributed by atoms with Gasteiger partial charge in [-0.25, -0.2) is 0 Å². The standard InChI is InChI=1S/C29H38N2O6/c1-7-16-37-21-11-12-22(19(4)17-21)27(32)25-26(20-10-13-23(35-5)24(18-20)36-6)31(29(34)28(25)33)15-14-30(8-2)9-3/h10-13,17-18,26,32H,7-9,14-16H2,1-6H3/b27-25+. The van der Waals surface area contributed by atoms with Crippen LogP contribution >= 0.6 is 0 Å². The maximum Gasteiger partial charge on any atom is 0.295 e. The highest BCUT2D eigenvalue weighted by Gasteiger charge is 2.46. The minimum Gasteiger partial charge on any atom is -0.507 e. The summed E-state index contributed by atoms with van der Waals surface area (Å²) in [6.07, 6.45) is 0.878. The summed E-state index contributed by atoms with van der Waals surface area (Å²) in [6, 6.07) is 9.83. The van der Waals surface area contributed by atoms with Crippen molar-refractivity contribution in [2.75, 3.05) is 47.0 Å². The van der Waals surface area contributed by atoms with Crippen LogP contribution in [0.4, 0.5) is 0 Å². The molecule has 2 aromatic carbocycles. The Balaban J connectivity index is 2.14. The van der Waals surface area contributed by atoms with Crippen molar-refractivity contribution >= 4 is 17.4 Å². The van der Waals surface area contributed by atoms with Crippen molar-refractivity contribution in [2.45, 2.75) is 40.2 Å². The predicted molar refractivity (Wildman–Crippen MR) is 143 cm³/mol. The van der Waals surface area contributed by atoms with Crippen molar-refractivity contribution in [1.82, 2.24) is 9.80 Å². The molecule has 1 amide bonds. The van der Waals surface area contributed by atoms with E-state index in [9.17, 15) is 14.7 Å². The van der Waals surface area contributed by atoms with Gasteiger partial charge in [0.05, 0.1) is 32.4 Å². The van der Waals surface area contributed by atoms with Gasteiger partial charge >= 0.3 is 0 Å². The number of aryl methyl sites for hydroxylation is 1. The Kier molecular flexibility index (Phi) is 9.58. The number of ether oxygens (including phenoxy) is 3. The topological polar surface area (TPSA) is 88.5 Å². The fraction of sp³-hybridized carbons (Fsp3) is 0.448. The molecule has 1 atom stereocenters. The zero-order valence-electron chi connectivity index (χ0n) is 22.7. The highest BCUT2D eigenvalue weighted by Crippen LogP contribution is 2.42. The van der Waals surface area contributed by atoms with Gasteiger partial charge in [0, 0.05) is 18.7 Å². The van der Waals surface area contributed by atoms with E-state index in [-0.39, 0.29) is 11.3 Å². The molecule has 0 saturated carbocycles. The Hall–Kier alpha value is -3.52. The van der Waals surface area contributed by atoms with Crippen LogP contribution in [0.15, 0.2) is 42.0 Å². The third kappa shape index (κ3) is 5.91. The second-order valence-corrected chi connectivity index (χ2v) is 8.96. The van der Waals surface area contributed by atoms with Crippen molar-refractivity contribution in [3.05, 3.63) is 58.7 Å². The number of carbonyl (C=O) groups is 2. The predicted octanol–water partition coefficient (Wildman–Crippen LogP) is 4.56. The first kappa shape index (κ1) is 28.1. The molecule has 8 heteroatoms. The zero-order chi connectivity index (χ0) is 27.1. The van der Waals surface area contributed by atoms with Gasteiger partial charge < -0.3 is 29.1 Å². The molecule has 8 nitrogen and oxygen atoms in total. The van der Waals surface area contributed by atoms with Gasteiger partial charge in [-0.05, 0) is 67.9 Å². The lowest BCUT2D eigenvalue weighted by Gasteiger charge is -2.28. The Labute approximate surface area is 219 Å². The molecule has 1 N–H and O–H groups in total. The largest absolute Gasteiger partial charge is 0.507 e. The number of amides is 1.